The molecule has 0 spiro atoms. The highest BCUT2D eigenvalue weighted by Gasteiger charge is 2.31. The van der Waals surface area contributed by atoms with Crippen LogP contribution in [0.15, 0.2) is 42.5 Å². The van der Waals surface area contributed by atoms with Gasteiger partial charge in [0, 0.05) is 12.1 Å². The number of hydrogen-bond donors (Lipinski definition) is 4. The molecule has 1 saturated carbocycles. The first kappa shape index (κ1) is 22.4. The second kappa shape index (κ2) is 9.36. The van der Waals surface area contributed by atoms with Crippen molar-refractivity contribution >= 4 is 17.6 Å². The number of para-hydroxylation sites is 1. The summed E-state index contributed by atoms with van der Waals surface area (Å²) in [4.78, 5) is 24.8. The Labute approximate surface area is 192 Å². The minimum Gasteiger partial charge on any atom is -0.496 e. The minimum atomic E-state index is -0.554. The molecule has 8 nitrogen and oxygen atoms in total. The van der Waals surface area contributed by atoms with Gasteiger partial charge in [0.15, 0.2) is 5.56 Å². The number of ether oxygens (including phenoxy) is 1. The maximum Gasteiger partial charge on any atom is 0.306 e. The number of hydrogen-bond acceptors (Lipinski definition) is 4. The number of anilines is 1. The Morgan fingerprint density at radius 1 is 1.18 bits per heavy atom. The largest absolute Gasteiger partial charge is 0.496 e. The number of nitrogens with two attached hydrogens (primary N) is 2. The third kappa shape index (κ3) is 4.41. The minimum absolute atomic E-state index is 0.207. The first-order valence-corrected chi connectivity index (χ1v) is 11.1. The zero-order valence-electron chi connectivity index (χ0n) is 19.0. The number of nitrogen functional groups attached to an aromatic ring is 1. The van der Waals surface area contributed by atoms with Crippen LogP contribution < -0.4 is 26.2 Å². The highest BCUT2D eigenvalue weighted by Crippen LogP contribution is 2.31. The van der Waals surface area contributed by atoms with Gasteiger partial charge in [-0.05, 0) is 61.9 Å². The van der Waals surface area contributed by atoms with Crippen LogP contribution in [0.3, 0.4) is 0 Å². The maximum atomic E-state index is 12.6. The average molecular weight is 449 g/mol. The maximum absolute atomic E-state index is 12.6. The lowest BCUT2D eigenvalue weighted by atomic mass is 10.0. The molecule has 0 unspecified atom stereocenters. The SMILES string of the molecule is COc1ccccc1C(=O)NCc1ccc(-c2[nH][n+](C3CCCC3)c(N)c2C(N)=O)cc1C. The van der Waals surface area contributed by atoms with Crippen LogP contribution in [0.2, 0.25) is 0 Å². The number of methoxy groups -OCH3 is 1. The number of carbonyl (C=O) groups excluding carboxylic acids is 2. The number of primary amides is 1. The molecule has 33 heavy (non-hydrogen) atoms. The fourth-order valence-electron chi connectivity index (χ4n) is 4.55. The normalized spacial score (nSPS) is 13.8. The van der Waals surface area contributed by atoms with Crippen molar-refractivity contribution in [3.8, 4) is 17.0 Å². The number of aromatic nitrogens is 2. The molecule has 2 aromatic carbocycles. The van der Waals surface area contributed by atoms with Gasteiger partial charge in [0.05, 0.1) is 12.7 Å². The fraction of sp³-hybridized carbons (Fsp3) is 0.320. The molecule has 1 aromatic heterocycles. The van der Waals surface area contributed by atoms with Crippen molar-refractivity contribution in [3.05, 3.63) is 64.7 Å². The Balaban J connectivity index is 1.57. The van der Waals surface area contributed by atoms with Gasteiger partial charge < -0.3 is 15.8 Å². The van der Waals surface area contributed by atoms with Crippen molar-refractivity contribution in [2.24, 2.45) is 5.73 Å². The predicted molar refractivity (Wildman–Crippen MR) is 126 cm³/mol. The summed E-state index contributed by atoms with van der Waals surface area (Å²) in [7, 11) is 1.54. The predicted octanol–water partition coefficient (Wildman–Crippen LogP) is 3.01. The molecule has 1 fully saturated rings. The third-order valence-corrected chi connectivity index (χ3v) is 6.36. The lowest BCUT2D eigenvalue weighted by Crippen LogP contribution is -2.42. The van der Waals surface area contributed by atoms with E-state index in [4.69, 9.17) is 16.2 Å². The number of aryl methyl sites for hydroxylation is 1. The van der Waals surface area contributed by atoms with E-state index in [9.17, 15) is 9.59 Å². The molecule has 1 aliphatic rings. The number of carbonyl (C=O) groups is 2. The number of benzene rings is 2. The summed E-state index contributed by atoms with van der Waals surface area (Å²) in [6.45, 7) is 2.33. The van der Waals surface area contributed by atoms with Gasteiger partial charge in [-0.3, -0.25) is 15.3 Å². The van der Waals surface area contributed by atoms with E-state index >= 15 is 0 Å². The van der Waals surface area contributed by atoms with Gasteiger partial charge in [0.1, 0.15) is 17.5 Å². The Morgan fingerprint density at radius 3 is 2.58 bits per heavy atom. The molecule has 0 saturated heterocycles. The van der Waals surface area contributed by atoms with E-state index in [0.717, 1.165) is 42.4 Å². The molecule has 8 heteroatoms. The molecule has 1 aliphatic carbocycles. The molecule has 1 heterocycles. The molecule has 3 aromatic rings. The zero-order chi connectivity index (χ0) is 23.5. The van der Waals surface area contributed by atoms with Gasteiger partial charge >= 0.3 is 5.82 Å². The number of H-pyrrole nitrogens is 1. The first-order chi connectivity index (χ1) is 15.9. The number of aromatic amines is 1. The number of amides is 2. The smallest absolute Gasteiger partial charge is 0.306 e. The van der Waals surface area contributed by atoms with Crippen molar-refractivity contribution < 1.29 is 19.0 Å². The summed E-state index contributed by atoms with van der Waals surface area (Å²) in [6.07, 6.45) is 4.34. The molecular formula is C25H30N5O3+. The Morgan fingerprint density at radius 2 is 1.91 bits per heavy atom. The van der Waals surface area contributed by atoms with Gasteiger partial charge in [0.25, 0.3) is 11.8 Å². The van der Waals surface area contributed by atoms with Gasteiger partial charge in [0.2, 0.25) is 0 Å². The highest BCUT2D eigenvalue weighted by atomic mass is 16.5. The fourth-order valence-corrected chi connectivity index (χ4v) is 4.55. The van der Waals surface area contributed by atoms with Crippen LogP contribution in [0.1, 0.15) is 63.6 Å². The molecule has 0 radical (unpaired) electrons. The van der Waals surface area contributed by atoms with E-state index in [-0.39, 0.29) is 11.9 Å². The summed E-state index contributed by atoms with van der Waals surface area (Å²) in [5.74, 6) is 0.152. The number of rotatable bonds is 7. The summed E-state index contributed by atoms with van der Waals surface area (Å²) in [6, 6.07) is 13.2. The van der Waals surface area contributed by atoms with E-state index in [1.807, 2.05) is 35.9 Å². The molecule has 2 amide bonds. The van der Waals surface area contributed by atoms with Crippen LogP contribution in [0.4, 0.5) is 5.82 Å². The van der Waals surface area contributed by atoms with Crippen molar-refractivity contribution in [1.82, 2.24) is 10.4 Å². The summed E-state index contributed by atoms with van der Waals surface area (Å²) in [5.41, 5.74) is 16.2. The van der Waals surface area contributed by atoms with E-state index in [0.29, 0.717) is 34.9 Å². The lowest BCUT2D eigenvalue weighted by Gasteiger charge is -2.11. The first-order valence-electron chi connectivity index (χ1n) is 11.1. The van der Waals surface area contributed by atoms with Crippen molar-refractivity contribution in [3.63, 3.8) is 0 Å². The molecule has 6 N–H and O–H groups in total. The van der Waals surface area contributed by atoms with E-state index in [1.54, 1.807) is 25.3 Å². The van der Waals surface area contributed by atoms with Gasteiger partial charge in [-0.15, -0.1) is 0 Å². The molecule has 4 rings (SSSR count). The Bertz CT molecular complexity index is 1190. The van der Waals surface area contributed by atoms with Crippen molar-refractivity contribution in [2.75, 3.05) is 12.8 Å². The zero-order valence-corrected chi connectivity index (χ0v) is 19.0. The van der Waals surface area contributed by atoms with Crippen molar-refractivity contribution in [1.29, 1.82) is 0 Å². The van der Waals surface area contributed by atoms with Crippen LogP contribution in [0, 0.1) is 6.92 Å². The molecule has 0 aliphatic heterocycles. The van der Waals surface area contributed by atoms with Crippen LogP contribution in [0.5, 0.6) is 5.75 Å². The molecule has 0 atom stereocenters. The third-order valence-electron chi connectivity index (χ3n) is 6.36. The summed E-state index contributed by atoms with van der Waals surface area (Å²) < 4.78 is 7.16. The summed E-state index contributed by atoms with van der Waals surface area (Å²) in [5, 5.41) is 6.27. The van der Waals surface area contributed by atoms with Crippen molar-refractivity contribution in [2.45, 2.75) is 45.2 Å². The Kier molecular flexibility index (Phi) is 6.35. The number of nitrogens with zero attached hydrogens (tertiary/aromatic N) is 1. The van der Waals surface area contributed by atoms with Crippen LogP contribution in [-0.2, 0) is 6.54 Å². The van der Waals surface area contributed by atoms with E-state index < -0.39 is 5.91 Å². The quantitative estimate of drug-likeness (QED) is 0.414. The van der Waals surface area contributed by atoms with E-state index in [2.05, 4.69) is 10.4 Å². The second-order valence-corrected chi connectivity index (χ2v) is 8.44. The topological polar surface area (TPSA) is 127 Å². The van der Waals surface area contributed by atoms with Crippen LogP contribution in [0.25, 0.3) is 11.3 Å². The lowest BCUT2D eigenvalue weighted by molar-refractivity contribution is -0.759. The number of nitrogens with one attached hydrogen (secondary N) is 2. The molecular weight excluding hydrogens is 418 g/mol. The van der Waals surface area contributed by atoms with Crippen LogP contribution >= 0.6 is 0 Å². The van der Waals surface area contributed by atoms with E-state index in [1.165, 1.54) is 0 Å². The Hall–Kier alpha value is -3.81. The second-order valence-electron chi connectivity index (χ2n) is 8.44. The molecule has 172 valence electrons. The monoisotopic (exact) mass is 448 g/mol. The molecule has 0 bridgehead atoms. The highest BCUT2D eigenvalue weighted by molar-refractivity contribution is 6.02. The summed E-state index contributed by atoms with van der Waals surface area (Å²) >= 11 is 0. The van der Waals surface area contributed by atoms with Gasteiger partial charge in [-0.25, -0.2) is 5.10 Å². The average Bonchev–Trinajstić information content (AvgIpc) is 3.45. The standard InChI is InChI=1S/C25H29N5O3/c1-15-13-16(22-21(24(27)31)23(26)30(29-22)18-7-3-4-8-18)11-12-17(15)14-28-25(32)19-9-5-6-10-20(19)33-2/h5-6,9-13,18H,3-4,7-8,14H2,1-2H3,(H5,26,27,28,29,31,32)/p+1. The van der Waals surface area contributed by atoms with Gasteiger partial charge in [-0.1, -0.05) is 24.3 Å². The van der Waals surface area contributed by atoms with Crippen LogP contribution in [-0.4, -0.2) is 24.0 Å². The van der Waals surface area contributed by atoms with Gasteiger partial charge in [-0.2, -0.15) is 4.68 Å².